The van der Waals surface area contributed by atoms with Crippen molar-refractivity contribution in [2.24, 2.45) is 5.41 Å². The van der Waals surface area contributed by atoms with Crippen molar-refractivity contribution in [3.05, 3.63) is 36.2 Å². The molecule has 4 rings (SSSR count). The predicted octanol–water partition coefficient (Wildman–Crippen LogP) is 1.56. The second-order valence-corrected chi connectivity index (χ2v) is 7.51. The van der Waals surface area contributed by atoms with E-state index in [-0.39, 0.29) is 18.6 Å². The van der Waals surface area contributed by atoms with Crippen LogP contribution in [-0.2, 0) is 22.5 Å². The van der Waals surface area contributed by atoms with Gasteiger partial charge >= 0.3 is 0 Å². The van der Waals surface area contributed by atoms with Crippen molar-refractivity contribution >= 4 is 5.91 Å². The molecule has 3 heterocycles. The van der Waals surface area contributed by atoms with Gasteiger partial charge in [-0.3, -0.25) is 4.79 Å². The molecule has 2 aromatic rings. The van der Waals surface area contributed by atoms with Gasteiger partial charge < -0.3 is 19.7 Å². The van der Waals surface area contributed by atoms with E-state index in [1.165, 1.54) is 0 Å². The molecule has 0 spiro atoms. The van der Waals surface area contributed by atoms with E-state index in [4.69, 9.17) is 4.74 Å². The van der Waals surface area contributed by atoms with Gasteiger partial charge in [-0.2, -0.15) is 0 Å². The minimum Gasteiger partial charge on any atom is -0.395 e. The maximum absolute atomic E-state index is 12.9. The Morgan fingerprint density at radius 3 is 2.74 bits per heavy atom. The zero-order chi connectivity index (χ0) is 18.7. The first-order valence-corrected chi connectivity index (χ1v) is 9.69. The molecule has 1 aromatic carbocycles. The molecule has 2 aliphatic rings. The van der Waals surface area contributed by atoms with Crippen molar-refractivity contribution in [1.82, 2.24) is 20.1 Å². The van der Waals surface area contributed by atoms with Crippen LogP contribution < -0.4 is 5.32 Å². The van der Waals surface area contributed by atoms with Gasteiger partial charge in [0.1, 0.15) is 5.82 Å². The molecule has 1 unspecified atom stereocenters. The quantitative estimate of drug-likeness (QED) is 0.852. The van der Waals surface area contributed by atoms with Gasteiger partial charge in [0, 0.05) is 37.8 Å². The van der Waals surface area contributed by atoms with Crippen LogP contribution in [0.3, 0.4) is 0 Å². The van der Waals surface area contributed by atoms with Crippen LogP contribution in [0.15, 0.2) is 30.3 Å². The van der Waals surface area contributed by atoms with Gasteiger partial charge in [0.05, 0.1) is 12.0 Å². The minimum absolute atomic E-state index is 0.0424. The highest BCUT2D eigenvalue weighted by molar-refractivity contribution is 5.83. The standard InChI is InChI=1S/C20H26N4O3/c25-14-20(9-12-27-13-10-20)19(26)21-16-6-7-17-22-23-18(24(17)11-8-16)15-4-2-1-3-5-15/h1-5,16,25H,6-14H2,(H,21,26). The van der Waals surface area contributed by atoms with Crippen molar-refractivity contribution in [2.45, 2.75) is 44.7 Å². The zero-order valence-electron chi connectivity index (χ0n) is 15.4. The van der Waals surface area contributed by atoms with Crippen LogP contribution in [-0.4, -0.2) is 51.6 Å². The molecule has 7 nitrogen and oxygen atoms in total. The Kier molecular flexibility index (Phi) is 5.22. The van der Waals surface area contributed by atoms with E-state index in [0.29, 0.717) is 26.1 Å². The van der Waals surface area contributed by atoms with E-state index >= 15 is 0 Å². The highest BCUT2D eigenvalue weighted by atomic mass is 16.5. The van der Waals surface area contributed by atoms with Crippen LogP contribution in [0.4, 0.5) is 0 Å². The number of aliphatic hydroxyl groups excluding tert-OH is 1. The summed E-state index contributed by atoms with van der Waals surface area (Å²) in [6, 6.07) is 10.1. The summed E-state index contributed by atoms with van der Waals surface area (Å²) in [7, 11) is 0. The third-order valence-electron chi connectivity index (χ3n) is 5.85. The van der Waals surface area contributed by atoms with Crippen molar-refractivity contribution in [3.8, 4) is 11.4 Å². The molecule has 0 aliphatic carbocycles. The lowest BCUT2D eigenvalue weighted by atomic mass is 9.80. The summed E-state index contributed by atoms with van der Waals surface area (Å²) >= 11 is 0. The molecule has 1 fully saturated rings. The third-order valence-corrected chi connectivity index (χ3v) is 5.85. The first kappa shape index (κ1) is 18.1. The number of ether oxygens (including phenoxy) is 1. The van der Waals surface area contributed by atoms with Crippen molar-refractivity contribution < 1.29 is 14.6 Å². The third kappa shape index (κ3) is 3.61. The summed E-state index contributed by atoms with van der Waals surface area (Å²) in [5.41, 5.74) is 0.356. The molecule has 2 N–H and O–H groups in total. The van der Waals surface area contributed by atoms with Crippen LogP contribution in [0.5, 0.6) is 0 Å². The fourth-order valence-electron chi connectivity index (χ4n) is 3.99. The van der Waals surface area contributed by atoms with Crippen LogP contribution >= 0.6 is 0 Å². The molecule has 7 heteroatoms. The number of carbonyl (C=O) groups excluding carboxylic acids is 1. The number of nitrogens with one attached hydrogen (secondary N) is 1. The van der Waals surface area contributed by atoms with E-state index < -0.39 is 5.41 Å². The number of amides is 1. The largest absolute Gasteiger partial charge is 0.395 e. The number of hydrogen-bond acceptors (Lipinski definition) is 5. The maximum Gasteiger partial charge on any atom is 0.228 e. The Hall–Kier alpha value is -2.25. The van der Waals surface area contributed by atoms with Gasteiger partial charge in [0.15, 0.2) is 5.82 Å². The van der Waals surface area contributed by atoms with Gasteiger partial charge in [-0.05, 0) is 25.7 Å². The fraction of sp³-hybridized carbons (Fsp3) is 0.550. The minimum atomic E-state index is -0.700. The van der Waals surface area contributed by atoms with Gasteiger partial charge in [0.25, 0.3) is 0 Å². The Bertz CT molecular complexity index is 784. The summed E-state index contributed by atoms with van der Waals surface area (Å²) < 4.78 is 7.53. The van der Waals surface area contributed by atoms with E-state index in [1.807, 2.05) is 30.3 Å². The molecular weight excluding hydrogens is 344 g/mol. The predicted molar refractivity (Wildman–Crippen MR) is 99.9 cm³/mol. The summed E-state index contributed by atoms with van der Waals surface area (Å²) in [5, 5.41) is 21.8. The summed E-state index contributed by atoms with van der Waals surface area (Å²) in [6.07, 6.45) is 3.59. The highest BCUT2D eigenvalue weighted by Crippen LogP contribution is 2.31. The lowest BCUT2D eigenvalue weighted by Crippen LogP contribution is -2.50. The molecule has 1 aromatic heterocycles. The van der Waals surface area contributed by atoms with Crippen molar-refractivity contribution in [3.63, 3.8) is 0 Å². The molecule has 2 aliphatic heterocycles. The molecule has 27 heavy (non-hydrogen) atoms. The number of hydrogen-bond donors (Lipinski definition) is 2. The lowest BCUT2D eigenvalue weighted by molar-refractivity contribution is -0.141. The summed E-state index contributed by atoms with van der Waals surface area (Å²) in [6.45, 7) is 1.70. The van der Waals surface area contributed by atoms with E-state index in [2.05, 4.69) is 20.1 Å². The number of nitrogens with zero attached hydrogens (tertiary/aromatic N) is 3. The van der Waals surface area contributed by atoms with Crippen molar-refractivity contribution in [1.29, 1.82) is 0 Å². The number of fused-ring (bicyclic) bond motifs is 1. The first-order chi connectivity index (χ1) is 13.2. The number of carbonyl (C=O) groups is 1. The topological polar surface area (TPSA) is 89.3 Å². The number of aromatic nitrogens is 3. The number of aliphatic hydroxyl groups is 1. The maximum atomic E-state index is 12.9. The van der Waals surface area contributed by atoms with E-state index in [1.54, 1.807) is 0 Å². The molecule has 1 atom stereocenters. The Morgan fingerprint density at radius 2 is 2.00 bits per heavy atom. The van der Waals surface area contributed by atoms with Gasteiger partial charge in [-0.25, -0.2) is 0 Å². The fourth-order valence-corrected chi connectivity index (χ4v) is 3.99. The monoisotopic (exact) mass is 370 g/mol. The summed E-state index contributed by atoms with van der Waals surface area (Å²) in [4.78, 5) is 12.9. The molecule has 144 valence electrons. The number of aryl methyl sites for hydroxylation is 1. The Morgan fingerprint density at radius 1 is 1.22 bits per heavy atom. The molecule has 1 saturated heterocycles. The molecule has 0 saturated carbocycles. The number of benzene rings is 1. The summed E-state index contributed by atoms with van der Waals surface area (Å²) in [5.74, 6) is 1.81. The zero-order valence-corrected chi connectivity index (χ0v) is 15.4. The smallest absolute Gasteiger partial charge is 0.228 e. The lowest BCUT2D eigenvalue weighted by Gasteiger charge is -2.35. The van der Waals surface area contributed by atoms with E-state index in [0.717, 1.165) is 43.0 Å². The molecule has 0 bridgehead atoms. The molecule has 0 radical (unpaired) electrons. The van der Waals surface area contributed by atoms with Crippen LogP contribution in [0.25, 0.3) is 11.4 Å². The van der Waals surface area contributed by atoms with Crippen molar-refractivity contribution in [2.75, 3.05) is 19.8 Å². The second-order valence-electron chi connectivity index (χ2n) is 7.51. The van der Waals surface area contributed by atoms with Gasteiger partial charge in [-0.15, -0.1) is 10.2 Å². The SMILES string of the molecule is O=C(NC1CCc2nnc(-c3ccccc3)n2CC1)C1(CO)CCOCC1. The van der Waals surface area contributed by atoms with Crippen LogP contribution in [0.2, 0.25) is 0 Å². The van der Waals surface area contributed by atoms with Gasteiger partial charge in [0.2, 0.25) is 5.91 Å². The Balaban J connectivity index is 1.45. The van der Waals surface area contributed by atoms with Crippen LogP contribution in [0, 0.1) is 5.41 Å². The van der Waals surface area contributed by atoms with Crippen LogP contribution in [0.1, 0.15) is 31.5 Å². The highest BCUT2D eigenvalue weighted by Gasteiger charge is 2.40. The van der Waals surface area contributed by atoms with E-state index in [9.17, 15) is 9.90 Å². The molecule has 1 amide bonds. The molecular formula is C20H26N4O3. The van der Waals surface area contributed by atoms with Gasteiger partial charge in [-0.1, -0.05) is 30.3 Å². The Labute approximate surface area is 158 Å². The average molecular weight is 370 g/mol. The normalized spacial score (nSPS) is 21.9. The first-order valence-electron chi connectivity index (χ1n) is 9.69. The number of rotatable bonds is 4. The average Bonchev–Trinajstić information content (AvgIpc) is 3.03. The second kappa shape index (κ2) is 7.78.